The second-order valence-electron chi connectivity index (χ2n) is 3.37. The van der Waals surface area contributed by atoms with Gasteiger partial charge in [0.05, 0.1) is 23.2 Å². The van der Waals surface area contributed by atoms with E-state index >= 15 is 0 Å². The smallest absolute Gasteiger partial charge is 0.310 e. The third-order valence-electron chi connectivity index (χ3n) is 2.34. The maximum Gasteiger partial charge on any atom is 0.310 e. The molecule has 0 aromatic carbocycles. The van der Waals surface area contributed by atoms with E-state index in [2.05, 4.69) is 4.98 Å². The zero-order chi connectivity index (χ0) is 10.8. The summed E-state index contributed by atoms with van der Waals surface area (Å²) in [6.07, 6.45) is 0.361. The third-order valence-corrected chi connectivity index (χ3v) is 3.31. The van der Waals surface area contributed by atoms with E-state index in [1.165, 1.54) is 4.70 Å². The maximum absolute atomic E-state index is 11.4. The fourth-order valence-electron chi connectivity index (χ4n) is 1.66. The van der Waals surface area contributed by atoms with Gasteiger partial charge in [-0.3, -0.25) is 4.79 Å². The Balaban J connectivity index is 2.29. The first-order chi connectivity index (χ1) is 7.22. The molecule has 2 aromatic heterocycles. The molecule has 3 nitrogen and oxygen atoms in total. The number of hydrogen-bond donors (Lipinski definition) is 1. The molecule has 0 aliphatic carbocycles. The van der Waals surface area contributed by atoms with Gasteiger partial charge in [-0.1, -0.05) is 0 Å². The van der Waals surface area contributed by atoms with Gasteiger partial charge in [0.25, 0.3) is 0 Å². The van der Waals surface area contributed by atoms with Crippen LogP contribution in [0, 0.1) is 6.92 Å². The quantitative estimate of drug-likeness (QED) is 0.813. The average Bonchev–Trinajstić information content (AvgIpc) is 2.71. The van der Waals surface area contributed by atoms with Crippen molar-refractivity contribution in [1.29, 1.82) is 0 Å². The monoisotopic (exact) mass is 223 g/mol. The van der Waals surface area contributed by atoms with Gasteiger partial charge >= 0.3 is 5.97 Å². The average molecular weight is 223 g/mol. The summed E-state index contributed by atoms with van der Waals surface area (Å²) in [6, 6.07) is 2.03. The summed E-state index contributed by atoms with van der Waals surface area (Å²) in [7, 11) is 0. The zero-order valence-corrected chi connectivity index (χ0v) is 9.61. The normalized spacial score (nSPS) is 10.8. The van der Waals surface area contributed by atoms with Gasteiger partial charge < -0.3 is 9.72 Å². The number of rotatable bonds is 3. The van der Waals surface area contributed by atoms with Crippen molar-refractivity contribution in [2.75, 3.05) is 6.61 Å². The Morgan fingerprint density at radius 1 is 1.60 bits per heavy atom. The van der Waals surface area contributed by atoms with Gasteiger partial charge in [0, 0.05) is 11.3 Å². The minimum absolute atomic E-state index is 0.157. The molecule has 15 heavy (non-hydrogen) atoms. The Labute approximate surface area is 92.1 Å². The van der Waals surface area contributed by atoms with Crippen LogP contribution in [0.2, 0.25) is 0 Å². The molecule has 0 aliphatic heterocycles. The molecule has 0 bridgehead atoms. The second kappa shape index (κ2) is 4.06. The van der Waals surface area contributed by atoms with Gasteiger partial charge in [-0.05, 0) is 25.3 Å². The molecule has 2 aromatic rings. The van der Waals surface area contributed by atoms with E-state index in [1.807, 2.05) is 25.3 Å². The summed E-state index contributed by atoms with van der Waals surface area (Å²) in [5.74, 6) is -0.157. The molecule has 0 radical (unpaired) electrons. The minimum Gasteiger partial charge on any atom is -0.466 e. The molecule has 0 aliphatic rings. The number of aryl methyl sites for hydroxylation is 1. The van der Waals surface area contributed by atoms with E-state index in [0.29, 0.717) is 13.0 Å². The van der Waals surface area contributed by atoms with Gasteiger partial charge in [0.15, 0.2) is 0 Å². The Hall–Kier alpha value is -1.29. The predicted octanol–water partition coefficient (Wildman–Crippen LogP) is 2.64. The van der Waals surface area contributed by atoms with Gasteiger partial charge in [-0.25, -0.2) is 0 Å². The van der Waals surface area contributed by atoms with Crippen molar-refractivity contribution in [1.82, 2.24) is 4.98 Å². The zero-order valence-electron chi connectivity index (χ0n) is 8.79. The summed E-state index contributed by atoms with van der Waals surface area (Å²) >= 11 is 1.66. The molecule has 0 spiro atoms. The Morgan fingerprint density at radius 3 is 3.13 bits per heavy atom. The Morgan fingerprint density at radius 2 is 2.40 bits per heavy atom. The van der Waals surface area contributed by atoms with Gasteiger partial charge in [-0.15, -0.1) is 11.3 Å². The Bertz CT molecular complexity index is 484. The number of aromatic amines is 1. The van der Waals surface area contributed by atoms with Crippen molar-refractivity contribution in [3.8, 4) is 0 Å². The van der Waals surface area contributed by atoms with Crippen molar-refractivity contribution in [3.05, 3.63) is 22.7 Å². The van der Waals surface area contributed by atoms with Crippen molar-refractivity contribution in [2.24, 2.45) is 0 Å². The predicted molar refractivity (Wildman–Crippen MR) is 61.2 cm³/mol. The van der Waals surface area contributed by atoms with E-state index in [9.17, 15) is 4.79 Å². The van der Waals surface area contributed by atoms with E-state index in [0.717, 1.165) is 16.8 Å². The van der Waals surface area contributed by atoms with Crippen LogP contribution in [-0.4, -0.2) is 17.6 Å². The van der Waals surface area contributed by atoms with Crippen LogP contribution in [0.3, 0.4) is 0 Å². The van der Waals surface area contributed by atoms with E-state index in [-0.39, 0.29) is 5.97 Å². The first-order valence-corrected chi connectivity index (χ1v) is 5.80. The number of ether oxygens (including phenoxy) is 1. The summed E-state index contributed by atoms with van der Waals surface area (Å²) < 4.78 is 6.11. The van der Waals surface area contributed by atoms with E-state index in [1.54, 1.807) is 11.3 Å². The number of fused-ring (bicyclic) bond motifs is 1. The molecule has 0 saturated carbocycles. The molecule has 2 heterocycles. The summed E-state index contributed by atoms with van der Waals surface area (Å²) in [6.45, 7) is 4.25. The molecule has 80 valence electrons. The summed E-state index contributed by atoms with van der Waals surface area (Å²) in [4.78, 5) is 14.7. The van der Waals surface area contributed by atoms with Crippen molar-refractivity contribution >= 4 is 27.5 Å². The van der Waals surface area contributed by atoms with Crippen molar-refractivity contribution < 1.29 is 9.53 Å². The molecule has 0 unspecified atom stereocenters. The Kier molecular flexibility index (Phi) is 2.77. The van der Waals surface area contributed by atoms with E-state index in [4.69, 9.17) is 4.74 Å². The van der Waals surface area contributed by atoms with Crippen LogP contribution in [0.25, 0.3) is 10.2 Å². The standard InChI is InChI=1S/C11H13NO2S/c1-3-14-10(13)6-8-7(2)12-9-4-5-15-11(8)9/h4-5,12H,3,6H2,1-2H3. The highest BCUT2D eigenvalue weighted by Crippen LogP contribution is 2.27. The molecule has 0 atom stereocenters. The van der Waals surface area contributed by atoms with Crippen LogP contribution in [-0.2, 0) is 16.0 Å². The van der Waals surface area contributed by atoms with Crippen LogP contribution in [0.1, 0.15) is 18.2 Å². The molecule has 4 heteroatoms. The first-order valence-electron chi connectivity index (χ1n) is 4.92. The first kappa shape index (κ1) is 10.2. The van der Waals surface area contributed by atoms with Crippen LogP contribution in [0.4, 0.5) is 0 Å². The number of nitrogens with one attached hydrogen (secondary N) is 1. The van der Waals surface area contributed by atoms with E-state index < -0.39 is 0 Å². The molecular formula is C11H13NO2S. The highest BCUT2D eigenvalue weighted by molar-refractivity contribution is 7.17. The summed E-state index contributed by atoms with van der Waals surface area (Å²) in [5.41, 5.74) is 3.24. The fourth-order valence-corrected chi connectivity index (χ4v) is 2.61. The topological polar surface area (TPSA) is 42.1 Å². The van der Waals surface area contributed by atoms with Gasteiger partial charge in [-0.2, -0.15) is 0 Å². The van der Waals surface area contributed by atoms with Crippen LogP contribution >= 0.6 is 11.3 Å². The highest BCUT2D eigenvalue weighted by Gasteiger charge is 2.13. The lowest BCUT2D eigenvalue weighted by molar-refractivity contribution is -0.142. The fraction of sp³-hybridized carbons (Fsp3) is 0.364. The maximum atomic E-state index is 11.4. The SMILES string of the molecule is CCOC(=O)Cc1c(C)[nH]c2ccsc12. The number of H-pyrrole nitrogens is 1. The molecular weight excluding hydrogens is 210 g/mol. The molecule has 0 amide bonds. The van der Waals surface area contributed by atoms with Gasteiger partial charge in [0.1, 0.15) is 0 Å². The van der Waals surface area contributed by atoms with Crippen molar-refractivity contribution in [2.45, 2.75) is 20.3 Å². The lowest BCUT2D eigenvalue weighted by Gasteiger charge is -2.01. The molecule has 2 rings (SSSR count). The molecule has 1 N–H and O–H groups in total. The van der Waals surface area contributed by atoms with Crippen LogP contribution in [0.5, 0.6) is 0 Å². The molecule has 0 saturated heterocycles. The van der Waals surface area contributed by atoms with Crippen LogP contribution < -0.4 is 0 Å². The number of carbonyl (C=O) groups excluding carboxylic acids is 1. The highest BCUT2D eigenvalue weighted by atomic mass is 32.1. The largest absolute Gasteiger partial charge is 0.466 e. The summed E-state index contributed by atoms with van der Waals surface area (Å²) in [5, 5.41) is 2.02. The van der Waals surface area contributed by atoms with Crippen molar-refractivity contribution in [3.63, 3.8) is 0 Å². The number of carbonyl (C=O) groups is 1. The van der Waals surface area contributed by atoms with Crippen LogP contribution in [0.15, 0.2) is 11.4 Å². The molecule has 0 fully saturated rings. The van der Waals surface area contributed by atoms with Gasteiger partial charge in [0.2, 0.25) is 0 Å². The third kappa shape index (κ3) is 1.90. The minimum atomic E-state index is -0.157. The number of hydrogen-bond acceptors (Lipinski definition) is 3. The lowest BCUT2D eigenvalue weighted by atomic mass is 10.2. The second-order valence-corrected chi connectivity index (χ2v) is 4.29. The number of thiophene rings is 1. The lowest BCUT2D eigenvalue weighted by Crippen LogP contribution is -2.07. The number of esters is 1. The number of aromatic nitrogens is 1.